The van der Waals surface area contributed by atoms with Crippen molar-refractivity contribution in [2.75, 3.05) is 0 Å². The molecule has 1 aromatic carbocycles. The minimum atomic E-state index is -3.52. The molecule has 0 amide bonds. The van der Waals surface area contributed by atoms with E-state index < -0.39 is 10.0 Å². The van der Waals surface area contributed by atoms with E-state index in [1.165, 1.54) is 0 Å². The molecule has 0 aliphatic heterocycles. The molecule has 5 heteroatoms. The second-order valence-corrected chi connectivity index (χ2v) is 5.88. The Morgan fingerprint density at radius 1 is 1.22 bits per heavy atom. The fourth-order valence-electron chi connectivity index (χ4n) is 1.43. The summed E-state index contributed by atoms with van der Waals surface area (Å²) in [6.07, 6.45) is 5.72. The van der Waals surface area contributed by atoms with Gasteiger partial charge in [-0.25, -0.2) is 4.83 Å². The Hall–Kier alpha value is -1.36. The second kappa shape index (κ2) is 7.16. The first kappa shape index (κ1) is 14.7. The van der Waals surface area contributed by atoms with Crippen molar-refractivity contribution in [3.8, 4) is 0 Å². The van der Waals surface area contributed by atoms with Gasteiger partial charge in [0.25, 0.3) is 10.0 Å². The summed E-state index contributed by atoms with van der Waals surface area (Å²) in [5.74, 6) is 0. The number of nitrogens with one attached hydrogen (secondary N) is 1. The Morgan fingerprint density at radius 2 is 1.89 bits per heavy atom. The summed E-state index contributed by atoms with van der Waals surface area (Å²) in [4.78, 5) is 2.45. The fourth-order valence-corrected chi connectivity index (χ4v) is 2.24. The highest BCUT2D eigenvalue weighted by Gasteiger charge is 2.11. The van der Waals surface area contributed by atoms with E-state index in [0.717, 1.165) is 31.2 Å². The molecule has 1 rings (SSSR count). The fraction of sp³-hybridized carbons (Fsp3) is 0.462. The summed E-state index contributed by atoms with van der Waals surface area (Å²) in [6.45, 7) is 4.03. The van der Waals surface area contributed by atoms with Crippen molar-refractivity contribution in [1.29, 1.82) is 0 Å². The van der Waals surface area contributed by atoms with Gasteiger partial charge in [-0.2, -0.15) is 13.5 Å². The quantitative estimate of drug-likeness (QED) is 0.469. The first-order chi connectivity index (χ1) is 8.56. The monoisotopic (exact) mass is 268 g/mol. The third kappa shape index (κ3) is 4.87. The Kier molecular flexibility index (Phi) is 5.85. The highest BCUT2D eigenvalue weighted by Crippen LogP contribution is 2.09. The molecule has 0 fully saturated rings. The molecule has 0 heterocycles. The molecule has 18 heavy (non-hydrogen) atoms. The number of sulfonamides is 1. The average molecular weight is 268 g/mol. The number of nitrogens with zero attached hydrogens (tertiary/aromatic N) is 1. The van der Waals surface area contributed by atoms with Crippen LogP contribution in [0.3, 0.4) is 0 Å². The molecule has 0 aliphatic carbocycles. The van der Waals surface area contributed by atoms with Crippen molar-refractivity contribution in [3.05, 3.63) is 29.8 Å². The van der Waals surface area contributed by atoms with Crippen molar-refractivity contribution in [1.82, 2.24) is 4.83 Å². The number of unbranched alkanes of at least 4 members (excludes halogenated alkanes) is 3. The summed E-state index contributed by atoms with van der Waals surface area (Å²) in [5, 5.41) is 3.75. The van der Waals surface area contributed by atoms with Crippen LogP contribution in [0.15, 0.2) is 34.3 Å². The molecule has 0 bridgehead atoms. The van der Waals surface area contributed by atoms with E-state index in [1.807, 2.05) is 6.92 Å². The molecule has 0 unspecified atom stereocenters. The van der Waals surface area contributed by atoms with Crippen LogP contribution in [0.4, 0.5) is 0 Å². The minimum absolute atomic E-state index is 0.235. The molecule has 100 valence electrons. The highest BCUT2D eigenvalue weighted by molar-refractivity contribution is 7.89. The molecule has 0 atom stereocenters. The van der Waals surface area contributed by atoms with Gasteiger partial charge in [0, 0.05) is 6.21 Å². The predicted molar refractivity (Wildman–Crippen MR) is 74.1 cm³/mol. The van der Waals surface area contributed by atoms with Crippen LogP contribution in [0.2, 0.25) is 0 Å². The molecule has 0 aliphatic rings. The standard InChI is InChI=1S/C13H20N2O2S/c1-3-4-5-6-11-14-15-18(16,17)13-9-7-12(2)8-10-13/h7-11,15H,3-6H2,1-2H3. The number of benzene rings is 1. The summed E-state index contributed by atoms with van der Waals surface area (Å²) in [5.41, 5.74) is 1.03. The van der Waals surface area contributed by atoms with E-state index in [4.69, 9.17) is 0 Å². The molecule has 0 saturated carbocycles. The maximum absolute atomic E-state index is 11.8. The molecule has 0 aromatic heterocycles. The molecule has 1 N–H and O–H groups in total. The summed E-state index contributed by atoms with van der Waals surface area (Å²) >= 11 is 0. The van der Waals surface area contributed by atoms with Gasteiger partial charge in [0.2, 0.25) is 0 Å². The summed E-state index contributed by atoms with van der Waals surface area (Å²) < 4.78 is 23.6. The normalized spacial score (nSPS) is 11.9. The van der Waals surface area contributed by atoms with Crippen molar-refractivity contribution in [2.24, 2.45) is 5.10 Å². The molecular formula is C13H20N2O2S. The van der Waals surface area contributed by atoms with Gasteiger partial charge >= 0.3 is 0 Å². The van der Waals surface area contributed by atoms with Crippen molar-refractivity contribution >= 4 is 16.2 Å². The lowest BCUT2D eigenvalue weighted by molar-refractivity contribution is 0.584. The largest absolute Gasteiger partial charge is 0.276 e. The van der Waals surface area contributed by atoms with E-state index >= 15 is 0 Å². The predicted octanol–water partition coefficient (Wildman–Crippen LogP) is 2.84. The Bertz CT molecular complexity index is 478. The summed E-state index contributed by atoms with van der Waals surface area (Å²) in [6, 6.07) is 6.67. The average Bonchev–Trinajstić information content (AvgIpc) is 2.34. The van der Waals surface area contributed by atoms with Crippen molar-refractivity contribution in [2.45, 2.75) is 44.4 Å². The maximum Gasteiger partial charge on any atom is 0.276 e. The Balaban J connectivity index is 2.52. The second-order valence-electron chi connectivity index (χ2n) is 4.22. The first-order valence-corrected chi connectivity index (χ1v) is 7.64. The SMILES string of the molecule is CCCCCC=NNS(=O)(=O)c1ccc(C)cc1. The maximum atomic E-state index is 11.8. The van der Waals surface area contributed by atoms with Crippen LogP contribution in [0.5, 0.6) is 0 Å². The smallest absolute Gasteiger partial charge is 0.200 e. The zero-order valence-electron chi connectivity index (χ0n) is 10.9. The van der Waals surface area contributed by atoms with Crippen molar-refractivity contribution in [3.63, 3.8) is 0 Å². The number of rotatable bonds is 7. The summed E-state index contributed by atoms with van der Waals surface area (Å²) in [7, 11) is -3.52. The number of aryl methyl sites for hydroxylation is 1. The third-order valence-corrected chi connectivity index (χ3v) is 3.77. The zero-order chi connectivity index (χ0) is 13.4. The van der Waals surface area contributed by atoms with Gasteiger partial charge in [0.15, 0.2) is 0 Å². The van der Waals surface area contributed by atoms with Gasteiger partial charge in [0.05, 0.1) is 4.90 Å². The topological polar surface area (TPSA) is 58.5 Å². The van der Waals surface area contributed by atoms with Crippen LogP contribution in [0.1, 0.15) is 38.2 Å². The highest BCUT2D eigenvalue weighted by atomic mass is 32.2. The van der Waals surface area contributed by atoms with Gasteiger partial charge < -0.3 is 0 Å². The van der Waals surface area contributed by atoms with Gasteiger partial charge in [0.1, 0.15) is 0 Å². The number of hydrogen-bond acceptors (Lipinski definition) is 3. The molecule has 0 saturated heterocycles. The molecule has 0 spiro atoms. The molecule has 4 nitrogen and oxygen atoms in total. The van der Waals surface area contributed by atoms with Gasteiger partial charge in [-0.05, 0) is 31.9 Å². The lowest BCUT2D eigenvalue weighted by Gasteiger charge is -2.03. The molecular weight excluding hydrogens is 248 g/mol. The van der Waals surface area contributed by atoms with E-state index in [-0.39, 0.29) is 4.90 Å². The number of hydrazone groups is 1. The minimum Gasteiger partial charge on any atom is -0.200 e. The van der Waals surface area contributed by atoms with E-state index in [2.05, 4.69) is 16.9 Å². The van der Waals surface area contributed by atoms with Crippen LogP contribution in [-0.2, 0) is 10.0 Å². The van der Waals surface area contributed by atoms with Crippen molar-refractivity contribution < 1.29 is 8.42 Å². The lowest BCUT2D eigenvalue weighted by atomic mass is 10.2. The Morgan fingerprint density at radius 3 is 2.50 bits per heavy atom. The van der Waals surface area contributed by atoms with Crippen LogP contribution >= 0.6 is 0 Å². The van der Waals surface area contributed by atoms with Crippen LogP contribution in [0.25, 0.3) is 0 Å². The third-order valence-electron chi connectivity index (χ3n) is 2.53. The van der Waals surface area contributed by atoms with Gasteiger partial charge in [-0.3, -0.25) is 0 Å². The lowest BCUT2D eigenvalue weighted by Crippen LogP contribution is -2.18. The van der Waals surface area contributed by atoms with E-state index in [1.54, 1.807) is 30.5 Å². The molecule has 0 radical (unpaired) electrons. The van der Waals surface area contributed by atoms with E-state index in [0.29, 0.717) is 0 Å². The number of hydrogen-bond donors (Lipinski definition) is 1. The van der Waals surface area contributed by atoms with Crippen LogP contribution in [-0.4, -0.2) is 14.6 Å². The van der Waals surface area contributed by atoms with Crippen LogP contribution < -0.4 is 4.83 Å². The first-order valence-electron chi connectivity index (χ1n) is 6.16. The van der Waals surface area contributed by atoms with Gasteiger partial charge in [-0.15, -0.1) is 0 Å². The Labute approximate surface area is 109 Å². The van der Waals surface area contributed by atoms with Crippen LogP contribution in [0, 0.1) is 6.92 Å². The molecule has 1 aromatic rings. The van der Waals surface area contributed by atoms with E-state index in [9.17, 15) is 8.42 Å². The zero-order valence-corrected chi connectivity index (χ0v) is 11.7. The van der Waals surface area contributed by atoms with Gasteiger partial charge in [-0.1, -0.05) is 37.5 Å².